The third-order valence-electron chi connectivity index (χ3n) is 2.10. The van der Waals surface area contributed by atoms with Gasteiger partial charge in [-0.05, 0) is 38.5 Å². The van der Waals surface area contributed by atoms with Crippen molar-refractivity contribution in [2.75, 3.05) is 0 Å². The van der Waals surface area contributed by atoms with Crippen LogP contribution < -0.4 is 4.74 Å². The molecule has 3 nitrogen and oxygen atoms in total. The summed E-state index contributed by atoms with van der Waals surface area (Å²) in [6.07, 6.45) is -3.46. The molecule has 0 radical (unpaired) electrons. The molecule has 0 saturated heterocycles. The Morgan fingerprint density at radius 3 is 2.30 bits per heavy atom. The smallest absolute Gasteiger partial charge is 0.456 e. The topological polar surface area (TPSA) is 35.5 Å². The van der Waals surface area contributed by atoms with Gasteiger partial charge in [0.25, 0.3) is 0 Å². The number of hydrogen-bond donors (Lipinski definition) is 0. The lowest BCUT2D eigenvalue weighted by Gasteiger charge is -2.20. The highest BCUT2D eigenvalue weighted by atomic mass is 19.4. The van der Waals surface area contributed by atoms with Crippen LogP contribution in [0.25, 0.3) is 6.08 Å². The number of rotatable bonds is 3. The fourth-order valence-electron chi connectivity index (χ4n) is 1.42. The first-order valence-corrected chi connectivity index (χ1v) is 5.77. The lowest BCUT2D eigenvalue weighted by atomic mass is 10.1. The molecule has 1 aromatic rings. The Kier molecular flexibility index (Phi) is 4.47. The van der Waals surface area contributed by atoms with Gasteiger partial charge < -0.3 is 9.47 Å². The SMILES string of the molecule is C=Cc1ccc(OC(F)(F)F)cc1C(=O)OC(C)(C)C. The summed E-state index contributed by atoms with van der Waals surface area (Å²) in [4.78, 5) is 12.0. The molecule has 0 N–H and O–H groups in total. The van der Waals surface area contributed by atoms with Gasteiger partial charge >= 0.3 is 12.3 Å². The Morgan fingerprint density at radius 2 is 1.85 bits per heavy atom. The lowest BCUT2D eigenvalue weighted by molar-refractivity contribution is -0.274. The average Bonchev–Trinajstić information content (AvgIpc) is 2.24. The van der Waals surface area contributed by atoms with Crippen molar-refractivity contribution in [3.05, 3.63) is 35.9 Å². The van der Waals surface area contributed by atoms with Crippen molar-refractivity contribution >= 4 is 12.0 Å². The van der Waals surface area contributed by atoms with Crippen LogP contribution in [0.15, 0.2) is 24.8 Å². The molecule has 0 fully saturated rings. The Hall–Kier alpha value is -1.98. The number of hydrogen-bond acceptors (Lipinski definition) is 3. The second-order valence-electron chi connectivity index (χ2n) is 5.00. The van der Waals surface area contributed by atoms with Gasteiger partial charge in [-0.25, -0.2) is 4.79 Å². The summed E-state index contributed by atoms with van der Waals surface area (Å²) in [6, 6.07) is 3.41. The predicted molar refractivity (Wildman–Crippen MR) is 68.4 cm³/mol. The third kappa shape index (κ3) is 4.95. The molecule has 0 saturated carbocycles. The Labute approximate surface area is 115 Å². The maximum absolute atomic E-state index is 12.2. The molecule has 0 aliphatic heterocycles. The molecule has 0 aromatic heterocycles. The Balaban J connectivity index is 3.12. The van der Waals surface area contributed by atoms with Crippen LogP contribution in [0.5, 0.6) is 5.75 Å². The summed E-state index contributed by atoms with van der Waals surface area (Å²) in [5.74, 6) is -1.22. The molecular weight excluding hydrogens is 273 g/mol. The molecule has 0 bridgehead atoms. The molecule has 20 heavy (non-hydrogen) atoms. The Bertz CT molecular complexity index is 513. The zero-order valence-corrected chi connectivity index (χ0v) is 11.4. The van der Waals surface area contributed by atoms with Crippen molar-refractivity contribution < 1.29 is 27.4 Å². The summed E-state index contributed by atoms with van der Waals surface area (Å²) in [5, 5.41) is 0. The van der Waals surface area contributed by atoms with Gasteiger partial charge in [-0.2, -0.15) is 0 Å². The van der Waals surface area contributed by atoms with E-state index >= 15 is 0 Å². The van der Waals surface area contributed by atoms with Crippen molar-refractivity contribution in [2.45, 2.75) is 32.7 Å². The Morgan fingerprint density at radius 1 is 1.25 bits per heavy atom. The zero-order chi connectivity index (χ0) is 15.6. The van der Waals surface area contributed by atoms with Crippen molar-refractivity contribution in [2.24, 2.45) is 0 Å². The van der Waals surface area contributed by atoms with Gasteiger partial charge in [0.1, 0.15) is 11.4 Å². The number of esters is 1. The van der Waals surface area contributed by atoms with Gasteiger partial charge in [-0.1, -0.05) is 18.7 Å². The van der Waals surface area contributed by atoms with E-state index in [1.54, 1.807) is 20.8 Å². The summed E-state index contributed by atoms with van der Waals surface area (Å²) >= 11 is 0. The second-order valence-corrected chi connectivity index (χ2v) is 5.00. The highest BCUT2D eigenvalue weighted by Gasteiger charge is 2.31. The third-order valence-corrected chi connectivity index (χ3v) is 2.10. The van der Waals surface area contributed by atoms with Crippen LogP contribution >= 0.6 is 0 Å². The van der Waals surface area contributed by atoms with Gasteiger partial charge in [-0.15, -0.1) is 13.2 Å². The number of halogens is 3. The van der Waals surface area contributed by atoms with E-state index in [9.17, 15) is 18.0 Å². The monoisotopic (exact) mass is 288 g/mol. The maximum Gasteiger partial charge on any atom is 0.573 e. The first-order valence-electron chi connectivity index (χ1n) is 5.77. The number of alkyl halides is 3. The highest BCUT2D eigenvalue weighted by molar-refractivity contribution is 5.94. The predicted octanol–water partition coefficient (Wildman–Crippen LogP) is 4.18. The number of carbonyl (C=O) groups is 1. The fourth-order valence-corrected chi connectivity index (χ4v) is 1.42. The van der Waals surface area contributed by atoms with Gasteiger partial charge in [0, 0.05) is 0 Å². The molecule has 0 amide bonds. The molecule has 110 valence electrons. The highest BCUT2D eigenvalue weighted by Crippen LogP contribution is 2.26. The van der Waals surface area contributed by atoms with E-state index in [1.165, 1.54) is 12.1 Å². The molecular formula is C14H15F3O3. The summed E-state index contributed by atoms with van der Waals surface area (Å²) < 4.78 is 45.4. The average molecular weight is 288 g/mol. The summed E-state index contributed by atoms with van der Waals surface area (Å²) in [6.45, 7) is 8.49. The first-order chi connectivity index (χ1) is 9.02. The molecule has 1 rings (SSSR count). The molecule has 0 atom stereocenters. The standard InChI is InChI=1S/C14H15F3O3/c1-5-9-6-7-10(19-14(15,16)17)8-11(9)12(18)20-13(2,3)4/h5-8H,1H2,2-4H3. The summed E-state index contributed by atoms with van der Waals surface area (Å²) in [7, 11) is 0. The van der Waals surface area contributed by atoms with E-state index in [1.807, 2.05) is 0 Å². The van der Waals surface area contributed by atoms with E-state index in [0.717, 1.165) is 12.1 Å². The van der Waals surface area contributed by atoms with Crippen molar-refractivity contribution in [3.63, 3.8) is 0 Å². The normalized spacial score (nSPS) is 11.9. The van der Waals surface area contributed by atoms with Crippen molar-refractivity contribution in [1.29, 1.82) is 0 Å². The minimum atomic E-state index is -4.82. The van der Waals surface area contributed by atoms with E-state index in [2.05, 4.69) is 11.3 Å². The molecule has 0 aliphatic rings. The van der Waals surface area contributed by atoms with Gasteiger partial charge in [0.05, 0.1) is 5.56 Å². The molecule has 1 aromatic carbocycles. The van der Waals surface area contributed by atoms with Crippen LogP contribution in [0.2, 0.25) is 0 Å². The van der Waals surface area contributed by atoms with Crippen molar-refractivity contribution in [3.8, 4) is 5.75 Å². The van der Waals surface area contributed by atoms with Gasteiger partial charge in [0.2, 0.25) is 0 Å². The van der Waals surface area contributed by atoms with Crippen LogP contribution in [0.1, 0.15) is 36.7 Å². The molecule has 0 heterocycles. The minimum Gasteiger partial charge on any atom is -0.456 e. The quantitative estimate of drug-likeness (QED) is 0.783. The molecule has 6 heteroatoms. The van der Waals surface area contributed by atoms with Gasteiger partial charge in [-0.3, -0.25) is 0 Å². The van der Waals surface area contributed by atoms with E-state index < -0.39 is 23.7 Å². The van der Waals surface area contributed by atoms with Crippen LogP contribution in [0.3, 0.4) is 0 Å². The molecule has 0 unspecified atom stereocenters. The minimum absolute atomic E-state index is 0.0309. The second kappa shape index (κ2) is 5.56. The van der Waals surface area contributed by atoms with E-state index in [0.29, 0.717) is 5.56 Å². The van der Waals surface area contributed by atoms with E-state index in [-0.39, 0.29) is 5.56 Å². The summed E-state index contributed by atoms with van der Waals surface area (Å²) in [5.41, 5.74) is -0.415. The lowest BCUT2D eigenvalue weighted by Crippen LogP contribution is -2.24. The maximum atomic E-state index is 12.2. The molecule has 0 spiro atoms. The zero-order valence-electron chi connectivity index (χ0n) is 11.4. The fraction of sp³-hybridized carbons (Fsp3) is 0.357. The number of carbonyl (C=O) groups excluding carboxylic acids is 1. The van der Waals surface area contributed by atoms with Gasteiger partial charge in [0.15, 0.2) is 0 Å². The van der Waals surface area contributed by atoms with Crippen LogP contribution in [0.4, 0.5) is 13.2 Å². The van der Waals surface area contributed by atoms with Crippen LogP contribution in [-0.2, 0) is 4.74 Å². The van der Waals surface area contributed by atoms with Crippen LogP contribution in [-0.4, -0.2) is 17.9 Å². The number of benzene rings is 1. The van der Waals surface area contributed by atoms with E-state index in [4.69, 9.17) is 4.74 Å². The first kappa shape index (κ1) is 16.1. The number of ether oxygens (including phenoxy) is 2. The van der Waals surface area contributed by atoms with Crippen LogP contribution in [0, 0.1) is 0 Å². The largest absolute Gasteiger partial charge is 0.573 e. The molecule has 0 aliphatic carbocycles. The van der Waals surface area contributed by atoms with Crippen molar-refractivity contribution in [1.82, 2.24) is 0 Å².